The molecule has 0 atom stereocenters. The highest BCUT2D eigenvalue weighted by Crippen LogP contribution is 2.09. The summed E-state index contributed by atoms with van der Waals surface area (Å²) in [6.07, 6.45) is 0.894. The largest absolute Gasteiger partial charge is 0.352 e. The lowest BCUT2D eigenvalue weighted by Gasteiger charge is -2.10. The first-order valence-electron chi connectivity index (χ1n) is 5.51. The van der Waals surface area contributed by atoms with Gasteiger partial charge in [0.25, 0.3) is 5.91 Å². The summed E-state index contributed by atoms with van der Waals surface area (Å²) >= 11 is 0. The molecule has 1 amide bonds. The van der Waals surface area contributed by atoms with Gasteiger partial charge in [-0.2, -0.15) is 0 Å². The van der Waals surface area contributed by atoms with Crippen LogP contribution in [0.2, 0.25) is 0 Å². The van der Waals surface area contributed by atoms with E-state index in [0.29, 0.717) is 5.92 Å². The Morgan fingerprint density at radius 3 is 2.60 bits per heavy atom. The lowest BCUT2D eigenvalue weighted by atomic mass is 10.0. The third-order valence-electron chi connectivity index (χ3n) is 2.31. The van der Waals surface area contributed by atoms with E-state index in [-0.39, 0.29) is 5.91 Å². The lowest BCUT2D eigenvalue weighted by Crippen LogP contribution is -2.28. The van der Waals surface area contributed by atoms with E-state index >= 15 is 0 Å². The molecule has 82 valence electrons. The predicted molar refractivity (Wildman–Crippen MR) is 63.0 cm³/mol. The van der Waals surface area contributed by atoms with Crippen molar-refractivity contribution in [3.8, 4) is 0 Å². The quantitative estimate of drug-likeness (QED) is 0.804. The summed E-state index contributed by atoms with van der Waals surface area (Å²) in [5.74, 6) is 0.531. The molecule has 2 nitrogen and oxygen atoms in total. The molecule has 0 aromatic heterocycles. The van der Waals surface area contributed by atoms with Crippen LogP contribution in [0.3, 0.4) is 0 Å². The van der Waals surface area contributed by atoms with Crippen LogP contribution in [-0.4, -0.2) is 12.5 Å². The van der Waals surface area contributed by atoms with Gasteiger partial charge in [0.2, 0.25) is 0 Å². The Labute approximate surface area is 91.7 Å². The monoisotopic (exact) mass is 205 g/mol. The van der Waals surface area contributed by atoms with Gasteiger partial charge in [-0.1, -0.05) is 39.0 Å². The molecule has 0 fully saturated rings. The highest BCUT2D eigenvalue weighted by Gasteiger charge is 2.08. The first kappa shape index (κ1) is 11.8. The van der Waals surface area contributed by atoms with Crippen LogP contribution in [0.15, 0.2) is 24.3 Å². The van der Waals surface area contributed by atoms with E-state index < -0.39 is 0 Å². The number of carbonyl (C=O) groups excluding carboxylic acids is 1. The minimum absolute atomic E-state index is 0.0427. The molecule has 0 aliphatic heterocycles. The van der Waals surface area contributed by atoms with E-state index in [1.54, 1.807) is 0 Å². The van der Waals surface area contributed by atoms with Gasteiger partial charge in [0.05, 0.1) is 0 Å². The van der Waals surface area contributed by atoms with E-state index in [2.05, 4.69) is 26.1 Å². The van der Waals surface area contributed by atoms with Crippen LogP contribution in [0.1, 0.15) is 36.7 Å². The Morgan fingerprint density at radius 2 is 2.00 bits per heavy atom. The molecule has 1 N–H and O–H groups in total. The molecular weight excluding hydrogens is 186 g/mol. The zero-order chi connectivity index (χ0) is 11.3. The van der Waals surface area contributed by atoms with Crippen molar-refractivity contribution in [3.63, 3.8) is 0 Å². The van der Waals surface area contributed by atoms with Crippen molar-refractivity contribution in [2.75, 3.05) is 6.54 Å². The van der Waals surface area contributed by atoms with Gasteiger partial charge in [0, 0.05) is 12.1 Å². The number of amides is 1. The minimum atomic E-state index is 0.0427. The number of nitrogens with one attached hydrogen (secondary N) is 1. The molecule has 2 heteroatoms. The van der Waals surface area contributed by atoms with Crippen molar-refractivity contribution < 1.29 is 4.79 Å². The van der Waals surface area contributed by atoms with Crippen molar-refractivity contribution in [3.05, 3.63) is 35.4 Å². The average molecular weight is 205 g/mol. The Balaban J connectivity index is 2.72. The Morgan fingerprint density at radius 1 is 1.33 bits per heavy atom. The van der Waals surface area contributed by atoms with Crippen molar-refractivity contribution in [2.45, 2.75) is 27.2 Å². The lowest BCUT2D eigenvalue weighted by molar-refractivity contribution is 0.0948. The van der Waals surface area contributed by atoms with Gasteiger partial charge < -0.3 is 5.32 Å². The van der Waals surface area contributed by atoms with Crippen molar-refractivity contribution >= 4 is 5.91 Å². The summed E-state index contributed by atoms with van der Waals surface area (Å²) in [5, 5.41) is 2.93. The van der Waals surface area contributed by atoms with Crippen LogP contribution >= 0.6 is 0 Å². The molecular formula is C13H19NO. The first-order valence-corrected chi connectivity index (χ1v) is 5.51. The van der Waals surface area contributed by atoms with Crippen LogP contribution in [-0.2, 0) is 6.42 Å². The van der Waals surface area contributed by atoms with Crippen LogP contribution in [0, 0.1) is 5.92 Å². The number of aryl methyl sites for hydroxylation is 1. The maximum atomic E-state index is 11.8. The van der Waals surface area contributed by atoms with E-state index in [0.717, 1.165) is 24.1 Å². The Hall–Kier alpha value is -1.31. The molecule has 15 heavy (non-hydrogen) atoms. The number of hydrogen-bond acceptors (Lipinski definition) is 1. The molecule has 1 aromatic rings. The van der Waals surface area contributed by atoms with Gasteiger partial charge in [-0.05, 0) is 24.0 Å². The normalized spacial score (nSPS) is 10.4. The topological polar surface area (TPSA) is 29.1 Å². The summed E-state index contributed by atoms with van der Waals surface area (Å²) in [7, 11) is 0. The number of benzene rings is 1. The fourth-order valence-corrected chi connectivity index (χ4v) is 1.44. The maximum absolute atomic E-state index is 11.8. The molecule has 0 heterocycles. The summed E-state index contributed by atoms with van der Waals surface area (Å²) in [6, 6.07) is 7.76. The fraction of sp³-hybridized carbons (Fsp3) is 0.462. The van der Waals surface area contributed by atoms with Crippen LogP contribution in [0.5, 0.6) is 0 Å². The molecule has 0 aliphatic carbocycles. The second-order valence-electron chi connectivity index (χ2n) is 4.11. The van der Waals surface area contributed by atoms with E-state index in [1.165, 1.54) is 0 Å². The van der Waals surface area contributed by atoms with Gasteiger partial charge in [0.15, 0.2) is 0 Å². The number of rotatable bonds is 4. The first-order chi connectivity index (χ1) is 7.15. The minimum Gasteiger partial charge on any atom is -0.352 e. The molecule has 1 rings (SSSR count). The SMILES string of the molecule is CCc1ccccc1C(=O)NCC(C)C. The Bertz CT molecular complexity index is 331. The molecule has 0 unspecified atom stereocenters. The summed E-state index contributed by atoms with van der Waals surface area (Å²) in [5.41, 5.74) is 1.92. The number of carbonyl (C=O) groups is 1. The van der Waals surface area contributed by atoms with Gasteiger partial charge in [-0.15, -0.1) is 0 Å². The molecule has 0 saturated carbocycles. The maximum Gasteiger partial charge on any atom is 0.251 e. The summed E-state index contributed by atoms with van der Waals surface area (Å²) < 4.78 is 0. The molecule has 0 bridgehead atoms. The summed E-state index contributed by atoms with van der Waals surface area (Å²) in [6.45, 7) is 6.98. The predicted octanol–water partition coefficient (Wildman–Crippen LogP) is 2.63. The van der Waals surface area contributed by atoms with Crippen LogP contribution in [0.25, 0.3) is 0 Å². The second kappa shape index (κ2) is 5.54. The van der Waals surface area contributed by atoms with Crippen molar-refractivity contribution in [2.24, 2.45) is 5.92 Å². The third-order valence-corrected chi connectivity index (χ3v) is 2.31. The zero-order valence-corrected chi connectivity index (χ0v) is 9.71. The highest BCUT2D eigenvalue weighted by atomic mass is 16.1. The number of hydrogen-bond donors (Lipinski definition) is 1. The van der Waals surface area contributed by atoms with E-state index in [1.807, 2.05) is 24.3 Å². The molecule has 1 aromatic carbocycles. The summed E-state index contributed by atoms with van der Waals surface area (Å²) in [4.78, 5) is 11.8. The fourth-order valence-electron chi connectivity index (χ4n) is 1.44. The Kier molecular flexibility index (Phi) is 4.35. The second-order valence-corrected chi connectivity index (χ2v) is 4.11. The van der Waals surface area contributed by atoms with Gasteiger partial charge in [0.1, 0.15) is 0 Å². The molecule has 0 radical (unpaired) electrons. The molecule has 0 spiro atoms. The molecule has 0 aliphatic rings. The average Bonchev–Trinajstić information content (AvgIpc) is 2.25. The zero-order valence-electron chi connectivity index (χ0n) is 9.71. The van der Waals surface area contributed by atoms with Crippen molar-refractivity contribution in [1.29, 1.82) is 0 Å². The van der Waals surface area contributed by atoms with Gasteiger partial charge in [-0.3, -0.25) is 4.79 Å². The van der Waals surface area contributed by atoms with Crippen molar-refractivity contribution in [1.82, 2.24) is 5.32 Å². The molecule has 0 saturated heterocycles. The van der Waals surface area contributed by atoms with Crippen LogP contribution in [0.4, 0.5) is 0 Å². The van der Waals surface area contributed by atoms with E-state index in [4.69, 9.17) is 0 Å². The third kappa shape index (κ3) is 3.39. The van der Waals surface area contributed by atoms with Gasteiger partial charge >= 0.3 is 0 Å². The van der Waals surface area contributed by atoms with E-state index in [9.17, 15) is 4.79 Å². The van der Waals surface area contributed by atoms with Crippen LogP contribution < -0.4 is 5.32 Å². The smallest absolute Gasteiger partial charge is 0.251 e. The highest BCUT2D eigenvalue weighted by molar-refractivity contribution is 5.95. The standard InChI is InChI=1S/C13H19NO/c1-4-11-7-5-6-8-12(11)13(15)14-9-10(2)3/h5-8,10H,4,9H2,1-3H3,(H,14,15). The van der Waals surface area contributed by atoms with Gasteiger partial charge in [-0.25, -0.2) is 0 Å².